The highest BCUT2D eigenvalue weighted by Crippen LogP contribution is 2.25. The summed E-state index contributed by atoms with van der Waals surface area (Å²) in [7, 11) is 0. The lowest BCUT2D eigenvalue weighted by atomic mass is 9.92. The minimum atomic E-state index is -1.56. The van der Waals surface area contributed by atoms with E-state index in [0.717, 1.165) is 0 Å². The number of carbonyl (C=O) groups is 4. The van der Waals surface area contributed by atoms with Crippen LogP contribution in [-0.2, 0) is 19.1 Å². The second-order valence-corrected chi connectivity index (χ2v) is 7.34. The Labute approximate surface area is 196 Å². The van der Waals surface area contributed by atoms with Crippen LogP contribution < -0.4 is 10.7 Å². The van der Waals surface area contributed by atoms with Gasteiger partial charge in [-0.2, -0.15) is 5.10 Å². The third kappa shape index (κ3) is 6.26. The number of hydrazone groups is 1. The number of hydrogen-bond acceptors (Lipinski definition) is 7. The molecule has 2 atom stereocenters. The monoisotopic (exact) mass is 461 g/mol. The number of nitrogens with one attached hydrogen (secondary N) is 2. The number of ether oxygens (including phenoxy) is 2. The smallest absolute Gasteiger partial charge is 0.338 e. The van der Waals surface area contributed by atoms with Crippen LogP contribution in [0.3, 0.4) is 0 Å². The minimum absolute atomic E-state index is 0.227. The first-order valence-corrected chi connectivity index (χ1v) is 10.3. The van der Waals surface area contributed by atoms with Crippen LogP contribution in [0.4, 0.5) is 5.69 Å². The number of nitrogens with zero attached hydrogens (tertiary/aromatic N) is 1. The largest absolute Gasteiger partial charge is 0.449 e. The number of amides is 2. The van der Waals surface area contributed by atoms with Crippen molar-refractivity contribution in [1.82, 2.24) is 5.43 Å². The van der Waals surface area contributed by atoms with E-state index in [1.807, 2.05) is 0 Å². The second-order valence-electron chi connectivity index (χ2n) is 7.34. The zero-order valence-corrected chi connectivity index (χ0v) is 18.6. The Morgan fingerprint density at radius 3 is 2.29 bits per heavy atom. The molecule has 9 heteroatoms. The summed E-state index contributed by atoms with van der Waals surface area (Å²) in [4.78, 5) is 48.0. The third-order valence-electron chi connectivity index (χ3n) is 4.66. The highest BCUT2D eigenvalue weighted by molar-refractivity contribution is 5.96. The third-order valence-corrected chi connectivity index (χ3v) is 4.66. The van der Waals surface area contributed by atoms with E-state index in [1.165, 1.54) is 38.3 Å². The van der Waals surface area contributed by atoms with Crippen molar-refractivity contribution >= 4 is 35.7 Å². The van der Waals surface area contributed by atoms with Crippen LogP contribution in [0.5, 0.6) is 0 Å². The number of anilines is 1. The first-order valence-electron chi connectivity index (χ1n) is 10.3. The fraction of sp³-hybridized carbons (Fsp3) is 0.160. The van der Waals surface area contributed by atoms with Gasteiger partial charge in [0.25, 0.3) is 5.91 Å². The van der Waals surface area contributed by atoms with Crippen LogP contribution in [0, 0.1) is 0 Å². The average Bonchev–Trinajstić information content (AvgIpc) is 2.80. The Balaban J connectivity index is 1.76. The lowest BCUT2D eigenvalue weighted by Gasteiger charge is -2.33. The summed E-state index contributed by atoms with van der Waals surface area (Å²) in [5.74, 6) is -2.00. The van der Waals surface area contributed by atoms with Crippen molar-refractivity contribution in [2.45, 2.75) is 25.6 Å². The molecular weight excluding hydrogens is 438 g/mol. The number of allylic oxidation sites excluding steroid dienone is 2. The quantitative estimate of drug-likeness (QED) is 0.371. The second kappa shape index (κ2) is 10.9. The summed E-state index contributed by atoms with van der Waals surface area (Å²) in [6.07, 6.45) is 6.50. The molecule has 0 spiro atoms. The van der Waals surface area contributed by atoms with E-state index in [-0.39, 0.29) is 5.91 Å². The van der Waals surface area contributed by atoms with Crippen molar-refractivity contribution < 1.29 is 28.7 Å². The van der Waals surface area contributed by atoms with Gasteiger partial charge in [0.1, 0.15) is 0 Å². The highest BCUT2D eigenvalue weighted by atomic mass is 16.6. The first-order chi connectivity index (χ1) is 16.3. The van der Waals surface area contributed by atoms with E-state index < -0.39 is 29.6 Å². The number of esters is 2. The number of benzene rings is 2. The van der Waals surface area contributed by atoms with Gasteiger partial charge in [-0.15, -0.1) is 0 Å². The van der Waals surface area contributed by atoms with Gasteiger partial charge in [-0.05, 0) is 48.6 Å². The fourth-order valence-corrected chi connectivity index (χ4v) is 3.15. The van der Waals surface area contributed by atoms with Gasteiger partial charge in [0.2, 0.25) is 11.5 Å². The maximum atomic E-state index is 12.6. The number of carbonyl (C=O) groups excluding carboxylic acids is 4. The molecule has 9 nitrogen and oxygen atoms in total. The summed E-state index contributed by atoms with van der Waals surface area (Å²) in [6.45, 7) is 2.60. The number of rotatable bonds is 7. The molecule has 3 rings (SSSR count). The minimum Gasteiger partial charge on any atom is -0.449 e. The van der Waals surface area contributed by atoms with Crippen LogP contribution in [-0.4, -0.2) is 41.7 Å². The van der Waals surface area contributed by atoms with Crippen molar-refractivity contribution in [2.75, 3.05) is 5.32 Å². The van der Waals surface area contributed by atoms with Gasteiger partial charge in [0.15, 0.2) is 6.10 Å². The molecule has 2 aromatic carbocycles. The Bertz CT molecular complexity index is 1150. The molecule has 0 fully saturated rings. The summed E-state index contributed by atoms with van der Waals surface area (Å²) >= 11 is 0. The van der Waals surface area contributed by atoms with E-state index in [2.05, 4.69) is 15.8 Å². The molecule has 0 saturated heterocycles. The molecular formula is C25H23N3O6. The van der Waals surface area contributed by atoms with Gasteiger partial charge in [0, 0.05) is 25.1 Å². The SMILES string of the molecule is CC(=O)Nc1ccc(C(=O)N/N=C/C2(OC(C)=O)C=CC=CC2OC(=O)c2ccccc2)cc1. The lowest BCUT2D eigenvalue weighted by molar-refractivity contribution is -0.152. The Kier molecular flexibility index (Phi) is 7.71. The molecule has 0 saturated carbocycles. The molecule has 2 unspecified atom stereocenters. The molecule has 2 amide bonds. The van der Waals surface area contributed by atoms with Crippen molar-refractivity contribution in [3.05, 3.63) is 90.0 Å². The standard InChI is InChI=1S/C25H23N3O6/c1-17(29)27-21-13-11-19(12-14-21)23(31)28-26-16-25(34-18(2)30)15-7-6-10-22(25)33-24(32)20-8-4-3-5-9-20/h3-16,22H,1-2H3,(H,27,29)(H,28,31)/b26-16+. The molecule has 0 aromatic heterocycles. The van der Waals surface area contributed by atoms with Crippen LogP contribution in [0.15, 0.2) is 84.0 Å². The molecule has 1 aliphatic rings. The van der Waals surface area contributed by atoms with Crippen molar-refractivity contribution in [2.24, 2.45) is 5.10 Å². The summed E-state index contributed by atoms with van der Waals surface area (Å²) in [5, 5.41) is 6.56. The molecule has 0 bridgehead atoms. The van der Waals surface area contributed by atoms with Gasteiger partial charge >= 0.3 is 11.9 Å². The van der Waals surface area contributed by atoms with Crippen molar-refractivity contribution in [3.8, 4) is 0 Å². The van der Waals surface area contributed by atoms with Gasteiger partial charge in [0.05, 0.1) is 11.8 Å². The predicted molar refractivity (Wildman–Crippen MR) is 125 cm³/mol. The first kappa shape index (κ1) is 24.1. The maximum absolute atomic E-state index is 12.6. The Morgan fingerprint density at radius 1 is 0.941 bits per heavy atom. The molecule has 174 valence electrons. The summed E-state index contributed by atoms with van der Waals surface area (Å²) in [5.41, 5.74) is 1.97. The van der Waals surface area contributed by atoms with E-state index in [4.69, 9.17) is 9.47 Å². The summed E-state index contributed by atoms with van der Waals surface area (Å²) < 4.78 is 11.1. The Hall–Kier alpha value is -4.53. The molecule has 1 aliphatic carbocycles. The van der Waals surface area contributed by atoms with Crippen LogP contribution in [0.25, 0.3) is 0 Å². The molecule has 34 heavy (non-hydrogen) atoms. The molecule has 0 radical (unpaired) electrons. The number of hydrogen-bond donors (Lipinski definition) is 2. The zero-order chi connectivity index (χ0) is 24.6. The topological polar surface area (TPSA) is 123 Å². The van der Waals surface area contributed by atoms with Crippen LogP contribution in [0.2, 0.25) is 0 Å². The van der Waals surface area contributed by atoms with E-state index in [1.54, 1.807) is 60.7 Å². The average molecular weight is 461 g/mol. The van der Waals surface area contributed by atoms with Gasteiger partial charge in [-0.3, -0.25) is 14.4 Å². The maximum Gasteiger partial charge on any atom is 0.338 e. The predicted octanol–water partition coefficient (Wildman–Crippen LogP) is 3.01. The normalized spacial score (nSPS) is 18.8. The molecule has 2 N–H and O–H groups in total. The van der Waals surface area contributed by atoms with Crippen molar-refractivity contribution in [3.63, 3.8) is 0 Å². The van der Waals surface area contributed by atoms with Crippen LogP contribution in [0.1, 0.15) is 34.6 Å². The fourth-order valence-electron chi connectivity index (χ4n) is 3.15. The summed E-state index contributed by atoms with van der Waals surface area (Å²) in [6, 6.07) is 14.6. The molecule has 0 aliphatic heterocycles. The van der Waals surface area contributed by atoms with Gasteiger partial charge in [-0.1, -0.05) is 30.4 Å². The molecule has 0 heterocycles. The highest BCUT2D eigenvalue weighted by Gasteiger charge is 2.41. The Morgan fingerprint density at radius 2 is 1.65 bits per heavy atom. The van der Waals surface area contributed by atoms with Gasteiger partial charge in [-0.25, -0.2) is 10.2 Å². The van der Waals surface area contributed by atoms with Gasteiger partial charge < -0.3 is 14.8 Å². The zero-order valence-electron chi connectivity index (χ0n) is 18.6. The van der Waals surface area contributed by atoms with E-state index in [9.17, 15) is 19.2 Å². The molecule has 2 aromatic rings. The lowest BCUT2D eigenvalue weighted by Crippen LogP contribution is -2.48. The van der Waals surface area contributed by atoms with Crippen molar-refractivity contribution in [1.29, 1.82) is 0 Å². The van der Waals surface area contributed by atoms with E-state index in [0.29, 0.717) is 16.8 Å². The van der Waals surface area contributed by atoms with E-state index >= 15 is 0 Å². The van der Waals surface area contributed by atoms with Crippen LogP contribution >= 0.6 is 0 Å².